The lowest BCUT2D eigenvalue weighted by atomic mass is 10.2. The van der Waals surface area contributed by atoms with E-state index in [1.807, 2.05) is 6.92 Å². The molecule has 2 aromatic rings. The van der Waals surface area contributed by atoms with Crippen LogP contribution < -0.4 is 5.32 Å². The Hall–Kier alpha value is -1.84. The van der Waals surface area contributed by atoms with Crippen molar-refractivity contribution >= 4 is 5.69 Å². The standard InChI is InChI=1S/C15H20N4/c1-11-3-5-13(6-4-11)16-10-9-15-18-17-12(2)19(15)14-7-8-14/h3-6,14,16H,7-10H2,1-2H3. The van der Waals surface area contributed by atoms with E-state index in [9.17, 15) is 0 Å². The van der Waals surface area contributed by atoms with Gasteiger partial charge in [0.05, 0.1) is 0 Å². The van der Waals surface area contributed by atoms with Gasteiger partial charge < -0.3 is 9.88 Å². The van der Waals surface area contributed by atoms with Crippen molar-refractivity contribution in [2.75, 3.05) is 11.9 Å². The molecule has 4 nitrogen and oxygen atoms in total. The molecule has 1 saturated carbocycles. The minimum absolute atomic E-state index is 0.657. The SMILES string of the molecule is Cc1ccc(NCCc2nnc(C)n2C2CC2)cc1. The van der Waals surface area contributed by atoms with Gasteiger partial charge in [0.15, 0.2) is 0 Å². The Morgan fingerprint density at radius 2 is 1.89 bits per heavy atom. The summed E-state index contributed by atoms with van der Waals surface area (Å²) >= 11 is 0. The number of aromatic nitrogens is 3. The highest BCUT2D eigenvalue weighted by molar-refractivity contribution is 5.44. The second-order valence-electron chi connectivity index (χ2n) is 5.31. The first-order chi connectivity index (χ1) is 9.24. The summed E-state index contributed by atoms with van der Waals surface area (Å²) in [5.74, 6) is 2.16. The Labute approximate surface area is 113 Å². The molecular weight excluding hydrogens is 236 g/mol. The number of benzene rings is 1. The van der Waals surface area contributed by atoms with Gasteiger partial charge in [0.2, 0.25) is 0 Å². The molecule has 100 valence electrons. The molecular formula is C15H20N4. The lowest BCUT2D eigenvalue weighted by molar-refractivity contribution is 0.662. The molecule has 0 saturated heterocycles. The van der Waals surface area contributed by atoms with Crippen molar-refractivity contribution in [3.8, 4) is 0 Å². The summed E-state index contributed by atoms with van der Waals surface area (Å²) in [6.45, 7) is 5.04. The molecule has 0 amide bonds. The maximum absolute atomic E-state index is 4.30. The van der Waals surface area contributed by atoms with Crippen molar-refractivity contribution in [3.63, 3.8) is 0 Å². The highest BCUT2D eigenvalue weighted by Crippen LogP contribution is 2.36. The van der Waals surface area contributed by atoms with Crippen LogP contribution in [0.3, 0.4) is 0 Å². The number of nitrogens with one attached hydrogen (secondary N) is 1. The molecule has 1 heterocycles. The van der Waals surface area contributed by atoms with Crippen LogP contribution in [0.5, 0.6) is 0 Å². The van der Waals surface area contributed by atoms with Crippen molar-refractivity contribution in [2.45, 2.75) is 39.2 Å². The van der Waals surface area contributed by atoms with Crippen LogP contribution in [0.4, 0.5) is 5.69 Å². The lowest BCUT2D eigenvalue weighted by Gasteiger charge is -2.08. The lowest BCUT2D eigenvalue weighted by Crippen LogP contribution is -2.10. The number of hydrogen-bond acceptors (Lipinski definition) is 3. The second kappa shape index (κ2) is 5.03. The molecule has 1 N–H and O–H groups in total. The molecule has 3 rings (SSSR count). The average molecular weight is 256 g/mol. The fraction of sp³-hybridized carbons (Fsp3) is 0.467. The monoisotopic (exact) mass is 256 g/mol. The van der Waals surface area contributed by atoms with Crippen molar-refractivity contribution in [1.82, 2.24) is 14.8 Å². The van der Waals surface area contributed by atoms with Gasteiger partial charge in [-0.25, -0.2) is 0 Å². The summed E-state index contributed by atoms with van der Waals surface area (Å²) in [4.78, 5) is 0. The van der Waals surface area contributed by atoms with Crippen LogP contribution in [-0.4, -0.2) is 21.3 Å². The van der Waals surface area contributed by atoms with E-state index in [-0.39, 0.29) is 0 Å². The summed E-state index contributed by atoms with van der Waals surface area (Å²) in [7, 11) is 0. The third kappa shape index (κ3) is 2.78. The number of aryl methyl sites for hydroxylation is 2. The van der Waals surface area contributed by atoms with Crippen LogP contribution in [0, 0.1) is 13.8 Å². The van der Waals surface area contributed by atoms with Crippen molar-refractivity contribution in [1.29, 1.82) is 0 Å². The molecule has 0 atom stereocenters. The molecule has 4 heteroatoms. The van der Waals surface area contributed by atoms with Crippen LogP contribution in [0.15, 0.2) is 24.3 Å². The smallest absolute Gasteiger partial charge is 0.135 e. The first-order valence-corrected chi connectivity index (χ1v) is 6.95. The fourth-order valence-electron chi connectivity index (χ4n) is 2.38. The maximum atomic E-state index is 4.30. The Morgan fingerprint density at radius 1 is 1.16 bits per heavy atom. The number of anilines is 1. The van der Waals surface area contributed by atoms with Crippen LogP contribution in [0.1, 0.15) is 36.1 Å². The molecule has 0 aliphatic heterocycles. The first-order valence-electron chi connectivity index (χ1n) is 6.95. The van der Waals surface area contributed by atoms with Gasteiger partial charge in [0, 0.05) is 24.7 Å². The van der Waals surface area contributed by atoms with E-state index < -0.39 is 0 Å². The third-order valence-corrected chi connectivity index (χ3v) is 3.58. The normalized spacial score (nSPS) is 14.6. The first kappa shape index (κ1) is 12.2. The second-order valence-corrected chi connectivity index (χ2v) is 5.31. The van der Waals surface area contributed by atoms with E-state index in [0.717, 1.165) is 24.6 Å². The van der Waals surface area contributed by atoms with Crippen LogP contribution in [0.2, 0.25) is 0 Å². The Bertz CT molecular complexity index is 552. The predicted molar refractivity (Wildman–Crippen MR) is 76.4 cm³/mol. The van der Waals surface area contributed by atoms with E-state index in [2.05, 4.69) is 51.3 Å². The molecule has 0 radical (unpaired) electrons. The highest BCUT2D eigenvalue weighted by atomic mass is 15.3. The van der Waals surface area contributed by atoms with Crippen LogP contribution in [0.25, 0.3) is 0 Å². The van der Waals surface area contributed by atoms with E-state index in [4.69, 9.17) is 0 Å². The third-order valence-electron chi connectivity index (χ3n) is 3.58. The molecule has 0 bridgehead atoms. The van der Waals surface area contributed by atoms with Gasteiger partial charge in [-0.1, -0.05) is 17.7 Å². The van der Waals surface area contributed by atoms with Gasteiger partial charge in [0.1, 0.15) is 11.6 Å². The predicted octanol–water partition coefficient (Wildman–Crippen LogP) is 2.88. The summed E-state index contributed by atoms with van der Waals surface area (Å²) in [6, 6.07) is 9.14. The largest absolute Gasteiger partial charge is 0.385 e. The Kier molecular flexibility index (Phi) is 3.23. The molecule has 1 fully saturated rings. The van der Waals surface area contributed by atoms with Crippen LogP contribution >= 0.6 is 0 Å². The van der Waals surface area contributed by atoms with Gasteiger partial charge >= 0.3 is 0 Å². The van der Waals surface area contributed by atoms with Gasteiger partial charge in [-0.15, -0.1) is 10.2 Å². The zero-order chi connectivity index (χ0) is 13.2. The van der Waals surface area contributed by atoms with Gasteiger partial charge in [0.25, 0.3) is 0 Å². The number of rotatable bonds is 5. The van der Waals surface area contributed by atoms with E-state index in [0.29, 0.717) is 6.04 Å². The molecule has 0 spiro atoms. The van der Waals surface area contributed by atoms with Crippen molar-refractivity contribution in [3.05, 3.63) is 41.5 Å². The average Bonchev–Trinajstić information content (AvgIpc) is 3.17. The molecule has 1 aromatic carbocycles. The zero-order valence-electron chi connectivity index (χ0n) is 11.6. The van der Waals surface area contributed by atoms with E-state index in [1.54, 1.807) is 0 Å². The van der Waals surface area contributed by atoms with Crippen LogP contribution in [-0.2, 0) is 6.42 Å². The summed E-state index contributed by atoms with van der Waals surface area (Å²) < 4.78 is 2.30. The Balaban J connectivity index is 1.59. The topological polar surface area (TPSA) is 42.7 Å². The summed E-state index contributed by atoms with van der Waals surface area (Å²) in [5, 5.41) is 11.9. The molecule has 1 aromatic heterocycles. The minimum Gasteiger partial charge on any atom is -0.385 e. The molecule has 1 aliphatic carbocycles. The summed E-state index contributed by atoms with van der Waals surface area (Å²) in [5.41, 5.74) is 2.45. The van der Waals surface area contributed by atoms with E-state index in [1.165, 1.54) is 24.1 Å². The minimum atomic E-state index is 0.657. The quantitative estimate of drug-likeness (QED) is 0.894. The number of hydrogen-bond donors (Lipinski definition) is 1. The molecule has 1 aliphatic rings. The maximum Gasteiger partial charge on any atom is 0.135 e. The van der Waals surface area contributed by atoms with Gasteiger partial charge in [-0.05, 0) is 38.8 Å². The van der Waals surface area contributed by atoms with E-state index >= 15 is 0 Å². The highest BCUT2D eigenvalue weighted by Gasteiger charge is 2.27. The van der Waals surface area contributed by atoms with Gasteiger partial charge in [-0.2, -0.15) is 0 Å². The summed E-state index contributed by atoms with van der Waals surface area (Å²) in [6.07, 6.45) is 3.47. The van der Waals surface area contributed by atoms with Gasteiger partial charge in [-0.3, -0.25) is 0 Å². The Morgan fingerprint density at radius 3 is 2.58 bits per heavy atom. The molecule has 0 unspecified atom stereocenters. The zero-order valence-corrected chi connectivity index (χ0v) is 11.6. The molecule has 19 heavy (non-hydrogen) atoms. The van der Waals surface area contributed by atoms with Crippen molar-refractivity contribution < 1.29 is 0 Å². The number of nitrogens with zero attached hydrogens (tertiary/aromatic N) is 3. The fourth-order valence-corrected chi connectivity index (χ4v) is 2.38. The van der Waals surface area contributed by atoms with Crippen molar-refractivity contribution in [2.24, 2.45) is 0 Å².